The number of hydrogen-bond donors (Lipinski definition) is 2. The molecule has 0 unspecified atom stereocenters. The van der Waals surface area contributed by atoms with E-state index in [2.05, 4.69) is 26.0 Å². The number of benzene rings is 2. The average Bonchev–Trinajstić information content (AvgIpc) is 2.53. The van der Waals surface area contributed by atoms with Gasteiger partial charge in [-0.3, -0.25) is 9.52 Å². The normalized spacial score (nSPS) is 12.2. The molecule has 2 aromatic carbocycles. The third kappa shape index (κ3) is 6.40. The van der Waals surface area contributed by atoms with Gasteiger partial charge in [-0.25, -0.2) is 8.42 Å². The number of amides is 1. The topological polar surface area (TPSA) is 75.3 Å². The third-order valence-electron chi connectivity index (χ3n) is 3.22. The number of carbonyl (C=O) groups is 1. The molecule has 0 heterocycles. The first kappa shape index (κ1) is 21.0. The first-order valence-electron chi connectivity index (χ1n) is 7.38. The van der Waals surface area contributed by atoms with Crippen molar-refractivity contribution in [3.05, 3.63) is 64.1 Å². The maximum absolute atomic E-state index is 12.9. The van der Waals surface area contributed by atoms with Gasteiger partial charge in [-0.2, -0.15) is 13.2 Å². The molecule has 0 aliphatic heterocycles. The lowest BCUT2D eigenvalue weighted by Crippen LogP contribution is -2.16. The zero-order valence-electron chi connectivity index (χ0n) is 13.8. The van der Waals surface area contributed by atoms with E-state index in [0.29, 0.717) is 11.6 Å². The largest absolute Gasteiger partial charge is 0.416 e. The lowest BCUT2D eigenvalue weighted by atomic mass is 10.1. The number of sulfonamides is 1. The van der Waals surface area contributed by atoms with Crippen LogP contribution in [0.1, 0.15) is 11.1 Å². The van der Waals surface area contributed by atoms with Crippen molar-refractivity contribution in [2.45, 2.75) is 6.18 Å². The summed E-state index contributed by atoms with van der Waals surface area (Å²) in [6, 6.07) is 9.36. The number of anilines is 2. The summed E-state index contributed by atoms with van der Waals surface area (Å²) in [4.78, 5) is 12.1. The molecule has 2 rings (SSSR count). The van der Waals surface area contributed by atoms with Crippen LogP contribution in [0.25, 0.3) is 6.08 Å². The molecule has 0 fully saturated rings. The molecular formula is C17H14BrF3N2O3S. The Morgan fingerprint density at radius 2 is 1.78 bits per heavy atom. The minimum Gasteiger partial charge on any atom is -0.321 e. The Morgan fingerprint density at radius 3 is 2.37 bits per heavy atom. The van der Waals surface area contributed by atoms with Gasteiger partial charge in [0, 0.05) is 10.5 Å². The standard InChI is InChI=1S/C17H14BrF3N2O3S/c1-27(25,26)23-14-8-7-12(17(19,20)21)10-15(14)22-16(24)9-6-11-4-2-3-5-13(11)18/h2-10,23H,1H3,(H,22,24)/b9-6+. The van der Waals surface area contributed by atoms with E-state index in [1.165, 1.54) is 6.08 Å². The minimum atomic E-state index is -4.65. The van der Waals surface area contributed by atoms with Crippen molar-refractivity contribution in [3.63, 3.8) is 0 Å². The van der Waals surface area contributed by atoms with Gasteiger partial charge in [-0.15, -0.1) is 0 Å². The molecular weight excluding hydrogens is 449 g/mol. The number of rotatable bonds is 5. The summed E-state index contributed by atoms with van der Waals surface area (Å²) in [6.45, 7) is 0. The van der Waals surface area contributed by atoms with Crippen LogP contribution >= 0.6 is 15.9 Å². The Hall–Kier alpha value is -2.33. The van der Waals surface area contributed by atoms with E-state index in [0.717, 1.165) is 28.9 Å². The van der Waals surface area contributed by atoms with Gasteiger partial charge in [-0.05, 0) is 35.9 Å². The second-order valence-corrected chi connectivity index (χ2v) is 8.08. The molecule has 2 N–H and O–H groups in total. The average molecular weight is 463 g/mol. The molecule has 5 nitrogen and oxygen atoms in total. The molecule has 0 bridgehead atoms. The highest BCUT2D eigenvalue weighted by Crippen LogP contribution is 2.34. The molecule has 0 aliphatic carbocycles. The molecule has 0 aliphatic rings. The summed E-state index contributed by atoms with van der Waals surface area (Å²) in [5.41, 5.74) is -0.817. The van der Waals surface area contributed by atoms with Crippen LogP contribution in [0.5, 0.6) is 0 Å². The van der Waals surface area contributed by atoms with Crippen LogP contribution in [0.2, 0.25) is 0 Å². The van der Waals surface area contributed by atoms with Crippen LogP contribution in [0.15, 0.2) is 53.0 Å². The molecule has 27 heavy (non-hydrogen) atoms. The monoisotopic (exact) mass is 462 g/mol. The maximum Gasteiger partial charge on any atom is 0.416 e. The highest BCUT2D eigenvalue weighted by Gasteiger charge is 2.31. The number of alkyl halides is 3. The molecule has 1 amide bonds. The van der Waals surface area contributed by atoms with Gasteiger partial charge >= 0.3 is 6.18 Å². The van der Waals surface area contributed by atoms with Gasteiger partial charge in [0.2, 0.25) is 15.9 Å². The van der Waals surface area contributed by atoms with Gasteiger partial charge in [0.25, 0.3) is 0 Å². The van der Waals surface area contributed by atoms with Gasteiger partial charge in [0.15, 0.2) is 0 Å². The molecule has 0 aromatic heterocycles. The first-order valence-corrected chi connectivity index (χ1v) is 10.1. The molecule has 0 atom stereocenters. The summed E-state index contributed by atoms with van der Waals surface area (Å²) >= 11 is 3.30. The molecule has 10 heteroatoms. The molecule has 0 saturated carbocycles. The van der Waals surface area contributed by atoms with Gasteiger partial charge in [0.05, 0.1) is 23.2 Å². The summed E-state index contributed by atoms with van der Waals surface area (Å²) in [7, 11) is -3.75. The smallest absolute Gasteiger partial charge is 0.321 e. The summed E-state index contributed by atoms with van der Waals surface area (Å²) in [5.74, 6) is -0.721. The Balaban J connectivity index is 2.31. The maximum atomic E-state index is 12.9. The molecule has 0 saturated heterocycles. The van der Waals surface area contributed by atoms with Crippen LogP contribution < -0.4 is 10.0 Å². The van der Waals surface area contributed by atoms with Crippen LogP contribution in [0.3, 0.4) is 0 Å². The summed E-state index contributed by atoms with van der Waals surface area (Å²) in [6.07, 6.45) is -1.20. The molecule has 2 aromatic rings. The number of carbonyl (C=O) groups excluding carboxylic acids is 1. The highest BCUT2D eigenvalue weighted by molar-refractivity contribution is 9.10. The Kier molecular flexibility index (Phi) is 6.32. The van der Waals surface area contributed by atoms with Crippen molar-refractivity contribution in [3.8, 4) is 0 Å². The highest BCUT2D eigenvalue weighted by atomic mass is 79.9. The van der Waals surface area contributed by atoms with E-state index in [4.69, 9.17) is 0 Å². The minimum absolute atomic E-state index is 0.173. The van der Waals surface area contributed by atoms with Crippen molar-refractivity contribution >= 4 is 49.3 Å². The van der Waals surface area contributed by atoms with E-state index in [9.17, 15) is 26.4 Å². The van der Waals surface area contributed by atoms with Crippen molar-refractivity contribution in [1.82, 2.24) is 0 Å². The van der Waals surface area contributed by atoms with Crippen molar-refractivity contribution < 1.29 is 26.4 Å². The van der Waals surface area contributed by atoms with Crippen LogP contribution in [0.4, 0.5) is 24.5 Å². The van der Waals surface area contributed by atoms with E-state index in [1.54, 1.807) is 24.3 Å². The second kappa shape index (κ2) is 8.13. The zero-order chi connectivity index (χ0) is 20.2. The van der Waals surface area contributed by atoms with Gasteiger partial charge in [0.1, 0.15) is 0 Å². The van der Waals surface area contributed by atoms with Crippen molar-refractivity contribution in [2.75, 3.05) is 16.3 Å². The lowest BCUT2D eigenvalue weighted by Gasteiger charge is -2.14. The number of hydrogen-bond acceptors (Lipinski definition) is 3. The second-order valence-electron chi connectivity index (χ2n) is 5.48. The van der Waals surface area contributed by atoms with Crippen LogP contribution in [0, 0.1) is 0 Å². The fourth-order valence-electron chi connectivity index (χ4n) is 2.06. The van der Waals surface area contributed by atoms with Crippen LogP contribution in [-0.4, -0.2) is 20.6 Å². The van der Waals surface area contributed by atoms with Gasteiger partial charge in [-0.1, -0.05) is 34.1 Å². The van der Waals surface area contributed by atoms with E-state index in [1.807, 2.05) is 0 Å². The lowest BCUT2D eigenvalue weighted by molar-refractivity contribution is -0.137. The Labute approximate surface area is 162 Å². The Bertz CT molecular complexity index is 989. The van der Waals surface area contributed by atoms with Gasteiger partial charge < -0.3 is 5.32 Å². The van der Waals surface area contributed by atoms with E-state index >= 15 is 0 Å². The predicted molar refractivity (Wildman–Crippen MR) is 102 cm³/mol. The summed E-state index contributed by atoms with van der Waals surface area (Å²) < 4.78 is 64.4. The first-order chi connectivity index (χ1) is 12.5. The fraction of sp³-hybridized carbons (Fsp3) is 0.118. The Morgan fingerprint density at radius 1 is 1.11 bits per heavy atom. The summed E-state index contributed by atoms with van der Waals surface area (Å²) in [5, 5.41) is 2.27. The fourth-order valence-corrected chi connectivity index (χ4v) is 3.06. The number of nitrogens with one attached hydrogen (secondary N) is 2. The predicted octanol–water partition coefficient (Wildman–Crippen LogP) is 4.49. The van der Waals surface area contributed by atoms with Crippen molar-refractivity contribution in [2.24, 2.45) is 0 Å². The van der Waals surface area contributed by atoms with E-state index in [-0.39, 0.29) is 11.4 Å². The van der Waals surface area contributed by atoms with Crippen molar-refractivity contribution in [1.29, 1.82) is 0 Å². The zero-order valence-corrected chi connectivity index (χ0v) is 16.2. The third-order valence-corrected chi connectivity index (χ3v) is 4.53. The molecule has 144 valence electrons. The quantitative estimate of drug-likeness (QED) is 0.642. The SMILES string of the molecule is CS(=O)(=O)Nc1ccc(C(F)(F)F)cc1NC(=O)/C=C/c1ccccc1Br. The number of halogens is 4. The van der Waals surface area contributed by atoms with Crippen LogP contribution in [-0.2, 0) is 21.0 Å². The molecule has 0 spiro atoms. The van der Waals surface area contributed by atoms with E-state index < -0.39 is 27.7 Å². The molecule has 0 radical (unpaired) electrons.